The van der Waals surface area contributed by atoms with Gasteiger partial charge in [-0.1, -0.05) is 0 Å². The second-order valence-electron chi connectivity index (χ2n) is 5.42. The number of rotatable bonds is 4. The van der Waals surface area contributed by atoms with E-state index in [1.807, 2.05) is 6.92 Å². The Morgan fingerprint density at radius 2 is 2.15 bits per heavy atom. The van der Waals surface area contributed by atoms with Crippen LogP contribution in [0.5, 0.6) is 0 Å². The Morgan fingerprint density at radius 3 is 2.85 bits per heavy atom. The van der Waals surface area contributed by atoms with Crippen LogP contribution in [0.4, 0.5) is 8.78 Å². The fraction of sp³-hybridized carbons (Fsp3) is 0.600. The molecule has 0 spiro atoms. The molecule has 20 heavy (non-hydrogen) atoms. The largest absolute Gasteiger partial charge is 0.330 e. The number of nitrogens with zero attached hydrogens (tertiary/aromatic N) is 1. The first kappa shape index (κ1) is 17.3. The maximum absolute atomic E-state index is 13.8. The molecule has 1 aliphatic heterocycles. The summed E-state index contributed by atoms with van der Waals surface area (Å²) in [6, 6.07) is 3.60. The van der Waals surface area contributed by atoms with Gasteiger partial charge in [-0.15, -0.1) is 12.4 Å². The Hall–Kier alpha value is -0.710. The average molecular weight is 305 g/mol. The second kappa shape index (κ2) is 7.91. The average Bonchev–Trinajstić information content (AvgIpc) is 2.41. The molecule has 0 amide bonds. The van der Waals surface area contributed by atoms with Gasteiger partial charge in [0.25, 0.3) is 0 Å². The smallest absolute Gasteiger partial charge is 0.128 e. The molecule has 0 bridgehead atoms. The van der Waals surface area contributed by atoms with Crippen molar-refractivity contribution in [1.82, 2.24) is 4.90 Å². The SMILES string of the molecule is CC(c1cc(F)ccc1F)N1CCCC(CCN)C1.Cl. The molecular formula is C15H23ClF2N2. The van der Waals surface area contributed by atoms with Crippen molar-refractivity contribution < 1.29 is 8.78 Å². The molecule has 1 saturated heterocycles. The lowest BCUT2D eigenvalue weighted by molar-refractivity contribution is 0.126. The number of hydrogen-bond acceptors (Lipinski definition) is 2. The summed E-state index contributed by atoms with van der Waals surface area (Å²) in [4.78, 5) is 2.24. The number of hydrogen-bond donors (Lipinski definition) is 1. The van der Waals surface area contributed by atoms with E-state index in [1.165, 1.54) is 24.6 Å². The van der Waals surface area contributed by atoms with Gasteiger partial charge in [0.05, 0.1) is 0 Å². The number of halogens is 3. The van der Waals surface area contributed by atoms with Crippen molar-refractivity contribution in [2.24, 2.45) is 11.7 Å². The van der Waals surface area contributed by atoms with Gasteiger partial charge in [-0.25, -0.2) is 8.78 Å². The molecule has 2 atom stereocenters. The first-order valence-corrected chi connectivity index (χ1v) is 7.01. The minimum Gasteiger partial charge on any atom is -0.330 e. The fourth-order valence-electron chi connectivity index (χ4n) is 2.95. The molecule has 1 aromatic rings. The molecule has 2 unspecified atom stereocenters. The van der Waals surface area contributed by atoms with Crippen LogP contribution in [-0.4, -0.2) is 24.5 Å². The number of benzene rings is 1. The van der Waals surface area contributed by atoms with Gasteiger partial charge in [-0.05, 0) is 63.4 Å². The van der Waals surface area contributed by atoms with Crippen LogP contribution in [0.2, 0.25) is 0 Å². The summed E-state index contributed by atoms with van der Waals surface area (Å²) in [7, 11) is 0. The van der Waals surface area contributed by atoms with Crippen LogP contribution in [0.25, 0.3) is 0 Å². The zero-order chi connectivity index (χ0) is 13.8. The molecule has 0 saturated carbocycles. The van der Waals surface area contributed by atoms with Crippen LogP contribution < -0.4 is 5.73 Å². The van der Waals surface area contributed by atoms with Crippen LogP contribution in [-0.2, 0) is 0 Å². The summed E-state index contributed by atoms with van der Waals surface area (Å²) in [5.41, 5.74) is 6.06. The molecule has 1 aromatic carbocycles. The lowest BCUT2D eigenvalue weighted by atomic mass is 9.92. The van der Waals surface area contributed by atoms with Crippen molar-refractivity contribution in [2.75, 3.05) is 19.6 Å². The molecule has 2 rings (SSSR count). The summed E-state index contributed by atoms with van der Waals surface area (Å²) in [5, 5.41) is 0. The van der Waals surface area contributed by atoms with Gasteiger partial charge in [0.15, 0.2) is 0 Å². The van der Waals surface area contributed by atoms with Gasteiger partial charge >= 0.3 is 0 Å². The number of nitrogens with two attached hydrogens (primary N) is 1. The van der Waals surface area contributed by atoms with E-state index in [2.05, 4.69) is 4.90 Å². The predicted molar refractivity (Wildman–Crippen MR) is 80.0 cm³/mol. The molecule has 1 fully saturated rings. The van der Waals surface area contributed by atoms with Crippen molar-refractivity contribution in [3.05, 3.63) is 35.4 Å². The first-order chi connectivity index (χ1) is 9.11. The van der Waals surface area contributed by atoms with Crippen molar-refractivity contribution in [3.8, 4) is 0 Å². The quantitative estimate of drug-likeness (QED) is 0.922. The second-order valence-corrected chi connectivity index (χ2v) is 5.42. The van der Waals surface area contributed by atoms with E-state index in [1.54, 1.807) is 0 Å². The van der Waals surface area contributed by atoms with E-state index in [-0.39, 0.29) is 30.1 Å². The Balaban J connectivity index is 0.00000200. The molecule has 1 heterocycles. The first-order valence-electron chi connectivity index (χ1n) is 7.01. The molecular weight excluding hydrogens is 282 g/mol. The van der Waals surface area contributed by atoms with Crippen LogP contribution in [0.15, 0.2) is 18.2 Å². The molecule has 0 radical (unpaired) electrons. The Kier molecular flexibility index (Phi) is 6.86. The standard InChI is InChI=1S/C15H22F2N2.ClH/c1-11(14-9-13(16)4-5-15(14)17)19-8-2-3-12(10-19)6-7-18;/h4-5,9,11-12H,2-3,6-8,10,18H2,1H3;1H. The van der Waals surface area contributed by atoms with Crippen molar-refractivity contribution in [2.45, 2.75) is 32.2 Å². The van der Waals surface area contributed by atoms with Crippen LogP contribution in [0.3, 0.4) is 0 Å². The van der Waals surface area contributed by atoms with Crippen LogP contribution in [0, 0.1) is 17.6 Å². The van der Waals surface area contributed by atoms with E-state index in [0.29, 0.717) is 18.0 Å². The van der Waals surface area contributed by atoms with Crippen molar-refractivity contribution in [3.63, 3.8) is 0 Å². The molecule has 1 aliphatic rings. The number of likely N-dealkylation sites (tertiary alicyclic amines) is 1. The van der Waals surface area contributed by atoms with Gasteiger partial charge in [-0.3, -0.25) is 4.90 Å². The molecule has 2 N–H and O–H groups in total. The van der Waals surface area contributed by atoms with Gasteiger partial charge < -0.3 is 5.73 Å². The third-order valence-corrected chi connectivity index (χ3v) is 4.08. The minimum absolute atomic E-state index is 0. The topological polar surface area (TPSA) is 29.3 Å². The normalized spacial score (nSPS) is 21.3. The van der Waals surface area contributed by atoms with Gasteiger partial charge in [-0.2, -0.15) is 0 Å². The Labute approximate surface area is 125 Å². The maximum Gasteiger partial charge on any atom is 0.128 e. The molecule has 2 nitrogen and oxygen atoms in total. The van der Waals surface area contributed by atoms with E-state index >= 15 is 0 Å². The van der Waals surface area contributed by atoms with Gasteiger partial charge in [0, 0.05) is 18.2 Å². The van der Waals surface area contributed by atoms with Crippen molar-refractivity contribution in [1.29, 1.82) is 0 Å². The van der Waals surface area contributed by atoms with E-state index in [9.17, 15) is 8.78 Å². The predicted octanol–water partition coefficient (Wildman–Crippen LogP) is 3.51. The lowest BCUT2D eigenvalue weighted by Crippen LogP contribution is -2.38. The number of piperidine rings is 1. The van der Waals surface area contributed by atoms with Gasteiger partial charge in [0.2, 0.25) is 0 Å². The highest BCUT2D eigenvalue weighted by Crippen LogP contribution is 2.29. The summed E-state index contributed by atoms with van der Waals surface area (Å²) < 4.78 is 27.1. The van der Waals surface area contributed by atoms with Crippen LogP contribution >= 0.6 is 12.4 Å². The molecule has 0 aromatic heterocycles. The van der Waals surface area contributed by atoms with Gasteiger partial charge in [0.1, 0.15) is 11.6 Å². The van der Waals surface area contributed by atoms with E-state index < -0.39 is 0 Å². The highest BCUT2D eigenvalue weighted by molar-refractivity contribution is 5.85. The fourth-order valence-corrected chi connectivity index (χ4v) is 2.95. The Bertz CT molecular complexity index is 426. The molecule has 0 aliphatic carbocycles. The highest BCUT2D eigenvalue weighted by Gasteiger charge is 2.25. The monoisotopic (exact) mass is 304 g/mol. The third-order valence-electron chi connectivity index (χ3n) is 4.08. The summed E-state index contributed by atoms with van der Waals surface area (Å²) >= 11 is 0. The van der Waals surface area contributed by atoms with E-state index in [0.717, 1.165) is 25.9 Å². The zero-order valence-corrected chi connectivity index (χ0v) is 12.6. The lowest BCUT2D eigenvalue weighted by Gasteiger charge is -2.37. The molecule has 114 valence electrons. The summed E-state index contributed by atoms with van der Waals surface area (Å²) in [6.07, 6.45) is 3.30. The summed E-state index contributed by atoms with van der Waals surface area (Å²) in [6.45, 7) is 4.51. The summed E-state index contributed by atoms with van der Waals surface area (Å²) in [5.74, 6) is -0.119. The van der Waals surface area contributed by atoms with E-state index in [4.69, 9.17) is 5.73 Å². The minimum atomic E-state index is -0.376. The maximum atomic E-state index is 13.8. The molecule has 5 heteroatoms. The highest BCUT2D eigenvalue weighted by atomic mass is 35.5. The Morgan fingerprint density at radius 1 is 1.40 bits per heavy atom. The van der Waals surface area contributed by atoms with Crippen molar-refractivity contribution >= 4 is 12.4 Å². The van der Waals surface area contributed by atoms with Crippen LogP contribution in [0.1, 0.15) is 37.8 Å². The zero-order valence-electron chi connectivity index (χ0n) is 11.8. The third kappa shape index (κ3) is 4.14.